The molecule has 0 radical (unpaired) electrons. The smallest absolute Gasteiger partial charge is 0.271 e. The number of carbonyl (C=O) groups is 1. The normalized spacial score (nSPS) is 11.5. The van der Waals surface area contributed by atoms with Gasteiger partial charge in [-0.25, -0.2) is 0 Å². The van der Waals surface area contributed by atoms with Gasteiger partial charge in [-0.3, -0.25) is 9.89 Å². The van der Waals surface area contributed by atoms with Gasteiger partial charge in [0.15, 0.2) is 0 Å². The van der Waals surface area contributed by atoms with Crippen LogP contribution in [-0.2, 0) is 6.42 Å². The standard InChI is InChI=1S/C12H21N3O2/c1-4-9-7-10(15-14-9)11(17)13-8-12(2,3)5-6-16/h7,16H,4-6,8H2,1-3H3,(H,13,17)(H,14,15). The molecule has 1 aromatic heterocycles. The Balaban J connectivity index is 2.49. The van der Waals surface area contributed by atoms with Gasteiger partial charge in [0.25, 0.3) is 5.91 Å². The number of aliphatic hydroxyl groups excluding tert-OH is 1. The Morgan fingerprint density at radius 1 is 1.59 bits per heavy atom. The van der Waals surface area contributed by atoms with Crippen LogP contribution in [0.2, 0.25) is 0 Å². The molecule has 0 aliphatic carbocycles. The monoisotopic (exact) mass is 239 g/mol. The lowest BCUT2D eigenvalue weighted by Crippen LogP contribution is -2.34. The van der Waals surface area contributed by atoms with Crippen molar-refractivity contribution in [2.75, 3.05) is 13.2 Å². The van der Waals surface area contributed by atoms with Crippen molar-refractivity contribution in [3.05, 3.63) is 17.5 Å². The number of hydrogen-bond donors (Lipinski definition) is 3. The summed E-state index contributed by atoms with van der Waals surface area (Å²) in [5.74, 6) is -0.174. The predicted octanol–water partition coefficient (Wildman–Crippen LogP) is 1.11. The summed E-state index contributed by atoms with van der Waals surface area (Å²) in [7, 11) is 0. The molecule has 1 aromatic rings. The van der Waals surface area contributed by atoms with Gasteiger partial charge in [0.1, 0.15) is 5.69 Å². The van der Waals surface area contributed by atoms with E-state index in [2.05, 4.69) is 15.5 Å². The van der Waals surface area contributed by atoms with Gasteiger partial charge in [-0.15, -0.1) is 0 Å². The molecule has 0 aromatic carbocycles. The van der Waals surface area contributed by atoms with Crippen molar-refractivity contribution in [3.8, 4) is 0 Å². The summed E-state index contributed by atoms with van der Waals surface area (Å²) in [5, 5.41) is 18.5. The highest BCUT2D eigenvalue weighted by Gasteiger charge is 2.19. The van der Waals surface area contributed by atoms with Crippen molar-refractivity contribution in [2.24, 2.45) is 5.41 Å². The molecule has 0 saturated carbocycles. The number of nitrogens with zero attached hydrogens (tertiary/aromatic N) is 1. The van der Waals surface area contributed by atoms with E-state index < -0.39 is 0 Å². The van der Waals surface area contributed by atoms with Crippen LogP contribution in [0.5, 0.6) is 0 Å². The zero-order valence-corrected chi connectivity index (χ0v) is 10.7. The minimum atomic E-state index is -0.174. The fourth-order valence-corrected chi connectivity index (χ4v) is 1.46. The van der Waals surface area contributed by atoms with E-state index in [1.165, 1.54) is 0 Å². The molecule has 1 amide bonds. The molecule has 1 rings (SSSR count). The van der Waals surface area contributed by atoms with Crippen LogP contribution in [0.25, 0.3) is 0 Å². The summed E-state index contributed by atoms with van der Waals surface area (Å²) in [6.45, 7) is 6.67. The maximum absolute atomic E-state index is 11.8. The zero-order chi connectivity index (χ0) is 12.9. The van der Waals surface area contributed by atoms with Gasteiger partial charge in [-0.2, -0.15) is 5.10 Å². The molecule has 0 spiro atoms. The molecule has 0 aliphatic rings. The maximum Gasteiger partial charge on any atom is 0.271 e. The SMILES string of the molecule is CCc1cc(C(=O)NCC(C)(C)CCO)n[nH]1. The third kappa shape index (κ3) is 4.19. The summed E-state index contributed by atoms with van der Waals surface area (Å²) in [4.78, 5) is 11.8. The summed E-state index contributed by atoms with van der Waals surface area (Å²) in [6, 6.07) is 1.76. The van der Waals surface area contributed by atoms with Crippen LogP contribution in [-0.4, -0.2) is 34.4 Å². The second kappa shape index (κ2) is 5.82. The first-order chi connectivity index (χ1) is 7.98. The van der Waals surface area contributed by atoms with E-state index in [0.29, 0.717) is 18.7 Å². The summed E-state index contributed by atoms with van der Waals surface area (Å²) >= 11 is 0. The second-order valence-corrected chi connectivity index (χ2v) is 4.95. The first kappa shape index (κ1) is 13.7. The number of carbonyl (C=O) groups excluding carboxylic acids is 1. The fourth-order valence-electron chi connectivity index (χ4n) is 1.46. The summed E-state index contributed by atoms with van der Waals surface area (Å²) < 4.78 is 0. The topological polar surface area (TPSA) is 78.0 Å². The number of nitrogens with one attached hydrogen (secondary N) is 2. The Bertz CT molecular complexity index is 372. The molecule has 17 heavy (non-hydrogen) atoms. The molecule has 96 valence electrons. The van der Waals surface area contributed by atoms with Gasteiger partial charge in [0, 0.05) is 18.8 Å². The Morgan fingerprint density at radius 2 is 2.29 bits per heavy atom. The number of aromatic amines is 1. The number of amides is 1. The largest absolute Gasteiger partial charge is 0.396 e. The average molecular weight is 239 g/mol. The molecule has 0 saturated heterocycles. The minimum absolute atomic E-state index is 0.103. The molecule has 3 N–H and O–H groups in total. The van der Waals surface area contributed by atoms with E-state index >= 15 is 0 Å². The Hall–Kier alpha value is -1.36. The van der Waals surface area contributed by atoms with Crippen molar-refractivity contribution < 1.29 is 9.90 Å². The van der Waals surface area contributed by atoms with Crippen molar-refractivity contribution in [2.45, 2.75) is 33.6 Å². The Morgan fingerprint density at radius 3 is 2.82 bits per heavy atom. The molecule has 0 unspecified atom stereocenters. The summed E-state index contributed by atoms with van der Waals surface area (Å²) in [6.07, 6.45) is 1.49. The van der Waals surface area contributed by atoms with E-state index in [9.17, 15) is 4.79 Å². The molecule has 5 heteroatoms. The number of aromatic nitrogens is 2. The van der Waals surface area contributed by atoms with Gasteiger partial charge in [0.2, 0.25) is 0 Å². The number of aliphatic hydroxyl groups is 1. The van der Waals surface area contributed by atoms with E-state index in [4.69, 9.17) is 5.11 Å². The number of hydrogen-bond acceptors (Lipinski definition) is 3. The Labute approximate surface area is 102 Å². The third-order valence-electron chi connectivity index (χ3n) is 2.76. The third-order valence-corrected chi connectivity index (χ3v) is 2.76. The summed E-state index contributed by atoms with van der Waals surface area (Å²) in [5.41, 5.74) is 1.26. The first-order valence-electron chi connectivity index (χ1n) is 5.92. The van der Waals surface area contributed by atoms with E-state index in [0.717, 1.165) is 12.1 Å². The maximum atomic E-state index is 11.8. The lowest BCUT2D eigenvalue weighted by atomic mass is 9.90. The van der Waals surface area contributed by atoms with Crippen LogP contribution >= 0.6 is 0 Å². The molecule has 0 fully saturated rings. The van der Waals surface area contributed by atoms with E-state index in [1.807, 2.05) is 20.8 Å². The number of aryl methyl sites for hydroxylation is 1. The van der Waals surface area contributed by atoms with Crippen molar-refractivity contribution in [1.29, 1.82) is 0 Å². The van der Waals surface area contributed by atoms with Gasteiger partial charge in [-0.05, 0) is 24.3 Å². The van der Waals surface area contributed by atoms with Crippen molar-refractivity contribution >= 4 is 5.91 Å². The van der Waals surface area contributed by atoms with Gasteiger partial charge in [-0.1, -0.05) is 20.8 Å². The predicted molar refractivity (Wildman–Crippen MR) is 65.8 cm³/mol. The number of rotatable bonds is 6. The van der Waals surface area contributed by atoms with E-state index in [1.54, 1.807) is 6.07 Å². The van der Waals surface area contributed by atoms with Gasteiger partial charge in [0.05, 0.1) is 0 Å². The first-order valence-corrected chi connectivity index (χ1v) is 5.92. The highest BCUT2D eigenvalue weighted by molar-refractivity contribution is 5.92. The quantitative estimate of drug-likeness (QED) is 0.696. The van der Waals surface area contributed by atoms with E-state index in [-0.39, 0.29) is 17.9 Å². The Kier molecular flexibility index (Phi) is 4.69. The lowest BCUT2D eigenvalue weighted by Gasteiger charge is -2.23. The fraction of sp³-hybridized carbons (Fsp3) is 0.667. The van der Waals surface area contributed by atoms with Gasteiger partial charge >= 0.3 is 0 Å². The lowest BCUT2D eigenvalue weighted by molar-refractivity contribution is 0.0923. The molecule has 1 heterocycles. The molecular weight excluding hydrogens is 218 g/mol. The second-order valence-electron chi connectivity index (χ2n) is 4.95. The molecule has 0 bridgehead atoms. The van der Waals surface area contributed by atoms with Crippen LogP contribution in [0.3, 0.4) is 0 Å². The molecule has 0 atom stereocenters. The van der Waals surface area contributed by atoms with Crippen LogP contribution in [0.4, 0.5) is 0 Å². The van der Waals surface area contributed by atoms with Gasteiger partial charge < -0.3 is 10.4 Å². The molecule has 5 nitrogen and oxygen atoms in total. The van der Waals surface area contributed by atoms with Crippen LogP contribution in [0, 0.1) is 5.41 Å². The van der Waals surface area contributed by atoms with Crippen molar-refractivity contribution in [3.63, 3.8) is 0 Å². The molecular formula is C12H21N3O2. The average Bonchev–Trinajstić information content (AvgIpc) is 2.74. The van der Waals surface area contributed by atoms with Crippen LogP contribution in [0.1, 0.15) is 43.4 Å². The highest BCUT2D eigenvalue weighted by atomic mass is 16.3. The number of H-pyrrole nitrogens is 1. The zero-order valence-electron chi connectivity index (χ0n) is 10.7. The highest BCUT2D eigenvalue weighted by Crippen LogP contribution is 2.18. The minimum Gasteiger partial charge on any atom is -0.396 e. The molecule has 0 aliphatic heterocycles. The van der Waals surface area contributed by atoms with Crippen molar-refractivity contribution in [1.82, 2.24) is 15.5 Å². The van der Waals surface area contributed by atoms with Crippen LogP contribution < -0.4 is 5.32 Å². The van der Waals surface area contributed by atoms with Crippen LogP contribution in [0.15, 0.2) is 6.07 Å².